The number of amides is 2. The number of carbonyl (C=O) groups excluding carboxylic acids is 2. The molecule has 0 radical (unpaired) electrons. The Balaban J connectivity index is 1.23. The van der Waals surface area contributed by atoms with E-state index in [-0.39, 0.29) is 24.2 Å². The molecule has 166 valence electrons. The summed E-state index contributed by atoms with van der Waals surface area (Å²) in [6, 6.07) is 23.0. The third-order valence-electron chi connectivity index (χ3n) is 5.82. The maximum atomic E-state index is 12.7. The van der Waals surface area contributed by atoms with Crippen LogP contribution in [-0.4, -0.2) is 18.4 Å². The minimum atomic E-state index is -0.328. The number of fused-ring (bicyclic) bond motifs is 2. The smallest absolute Gasteiger partial charge is 0.291 e. The van der Waals surface area contributed by atoms with Crippen LogP contribution in [0, 0.1) is 0 Å². The molecule has 1 aliphatic heterocycles. The quantitative estimate of drug-likeness (QED) is 0.441. The van der Waals surface area contributed by atoms with Gasteiger partial charge < -0.3 is 19.4 Å². The maximum absolute atomic E-state index is 12.7. The van der Waals surface area contributed by atoms with Gasteiger partial charge in [0.15, 0.2) is 5.76 Å². The second kappa shape index (κ2) is 8.82. The second-order valence-corrected chi connectivity index (χ2v) is 8.14. The summed E-state index contributed by atoms with van der Waals surface area (Å²) < 4.78 is 11.5. The Kier molecular flexibility index (Phi) is 5.57. The van der Waals surface area contributed by atoms with Crippen molar-refractivity contribution in [1.29, 1.82) is 0 Å². The number of aryl methyl sites for hydroxylation is 1. The molecule has 3 aromatic carbocycles. The molecule has 2 heterocycles. The molecule has 0 atom stereocenters. The summed E-state index contributed by atoms with van der Waals surface area (Å²) >= 11 is 0. The number of nitrogens with zero attached hydrogens (tertiary/aromatic N) is 1. The van der Waals surface area contributed by atoms with Crippen LogP contribution in [0.5, 0.6) is 5.75 Å². The Labute approximate surface area is 191 Å². The monoisotopic (exact) mass is 440 g/mol. The predicted octanol–water partition coefficient (Wildman–Crippen LogP) is 5.56. The van der Waals surface area contributed by atoms with E-state index in [9.17, 15) is 9.59 Å². The van der Waals surface area contributed by atoms with Crippen LogP contribution in [-0.2, 0) is 17.8 Å². The van der Waals surface area contributed by atoms with Crippen molar-refractivity contribution in [3.63, 3.8) is 0 Å². The van der Waals surface area contributed by atoms with Gasteiger partial charge >= 0.3 is 0 Å². The van der Waals surface area contributed by atoms with Crippen LogP contribution in [0.15, 0.2) is 77.2 Å². The van der Waals surface area contributed by atoms with E-state index in [4.69, 9.17) is 9.15 Å². The van der Waals surface area contributed by atoms with Crippen molar-refractivity contribution in [3.8, 4) is 5.75 Å². The lowest BCUT2D eigenvalue weighted by Gasteiger charge is -2.28. The minimum absolute atomic E-state index is 0.0294. The average molecular weight is 440 g/mol. The fourth-order valence-electron chi connectivity index (χ4n) is 4.18. The molecular weight excluding hydrogens is 416 g/mol. The first kappa shape index (κ1) is 20.8. The van der Waals surface area contributed by atoms with Crippen molar-refractivity contribution in [1.82, 2.24) is 0 Å². The molecule has 6 nitrogen and oxygen atoms in total. The van der Waals surface area contributed by atoms with E-state index in [1.807, 2.05) is 54.6 Å². The Morgan fingerprint density at radius 2 is 1.85 bits per heavy atom. The van der Waals surface area contributed by atoms with E-state index in [0.717, 1.165) is 47.2 Å². The lowest BCUT2D eigenvalue weighted by Crippen LogP contribution is -2.33. The van der Waals surface area contributed by atoms with Gasteiger partial charge in [-0.05, 0) is 71.6 Å². The van der Waals surface area contributed by atoms with Gasteiger partial charge in [-0.1, -0.05) is 30.3 Å². The molecule has 1 N–H and O–H groups in total. The Morgan fingerprint density at radius 3 is 2.70 bits per heavy atom. The number of hydrogen-bond donors (Lipinski definition) is 1. The summed E-state index contributed by atoms with van der Waals surface area (Å²) in [5, 5.41) is 5.14. The van der Waals surface area contributed by atoms with Crippen molar-refractivity contribution in [2.24, 2.45) is 0 Å². The van der Waals surface area contributed by atoms with Crippen LogP contribution in [0.3, 0.4) is 0 Å². The van der Waals surface area contributed by atoms with E-state index < -0.39 is 0 Å². The molecule has 1 aliphatic rings. The first-order valence-electron chi connectivity index (χ1n) is 11.0. The van der Waals surface area contributed by atoms with Gasteiger partial charge in [0, 0.05) is 24.8 Å². The van der Waals surface area contributed by atoms with Crippen LogP contribution in [0.4, 0.5) is 11.4 Å². The Bertz CT molecular complexity index is 1340. The zero-order valence-corrected chi connectivity index (χ0v) is 18.3. The lowest BCUT2D eigenvalue weighted by molar-refractivity contribution is -0.116. The van der Waals surface area contributed by atoms with Gasteiger partial charge in [-0.3, -0.25) is 9.59 Å². The zero-order chi connectivity index (χ0) is 22.8. The fourth-order valence-corrected chi connectivity index (χ4v) is 4.18. The average Bonchev–Trinajstić information content (AvgIpc) is 3.31. The molecule has 6 heteroatoms. The number of furan rings is 1. The Morgan fingerprint density at radius 1 is 1.00 bits per heavy atom. The van der Waals surface area contributed by atoms with Crippen LogP contribution in [0.25, 0.3) is 10.8 Å². The Hall–Kier alpha value is -4.06. The van der Waals surface area contributed by atoms with Gasteiger partial charge in [-0.25, -0.2) is 0 Å². The molecule has 0 bridgehead atoms. The minimum Gasteiger partial charge on any atom is -0.486 e. The van der Waals surface area contributed by atoms with E-state index in [1.54, 1.807) is 24.0 Å². The fraction of sp³-hybridized carbons (Fsp3) is 0.185. The summed E-state index contributed by atoms with van der Waals surface area (Å²) in [7, 11) is 0. The molecule has 0 saturated carbocycles. The summed E-state index contributed by atoms with van der Waals surface area (Å²) in [4.78, 5) is 26.3. The predicted molar refractivity (Wildman–Crippen MR) is 128 cm³/mol. The van der Waals surface area contributed by atoms with E-state index in [1.165, 1.54) is 0 Å². The van der Waals surface area contributed by atoms with Crippen molar-refractivity contribution in [2.75, 3.05) is 16.8 Å². The number of nitrogens with one attached hydrogen (secondary N) is 1. The van der Waals surface area contributed by atoms with Crippen molar-refractivity contribution >= 4 is 34.0 Å². The van der Waals surface area contributed by atoms with Gasteiger partial charge in [0.1, 0.15) is 18.1 Å². The number of rotatable bonds is 5. The highest BCUT2D eigenvalue weighted by Crippen LogP contribution is 2.30. The van der Waals surface area contributed by atoms with Crippen molar-refractivity contribution < 1.29 is 18.7 Å². The second-order valence-electron chi connectivity index (χ2n) is 8.14. The van der Waals surface area contributed by atoms with Crippen LogP contribution in [0.2, 0.25) is 0 Å². The van der Waals surface area contributed by atoms with Gasteiger partial charge in [-0.2, -0.15) is 0 Å². The number of ether oxygens (including phenoxy) is 1. The van der Waals surface area contributed by atoms with E-state index in [0.29, 0.717) is 11.4 Å². The topological polar surface area (TPSA) is 71.8 Å². The zero-order valence-electron chi connectivity index (χ0n) is 18.3. The lowest BCUT2D eigenvalue weighted by atomic mass is 10.0. The highest BCUT2D eigenvalue weighted by Gasteiger charge is 2.20. The molecule has 2 amide bonds. The third kappa shape index (κ3) is 4.46. The van der Waals surface area contributed by atoms with Gasteiger partial charge in [0.05, 0.1) is 0 Å². The number of hydrogen-bond acceptors (Lipinski definition) is 4. The normalized spacial score (nSPS) is 12.9. The number of carbonyl (C=O) groups is 2. The van der Waals surface area contributed by atoms with E-state index in [2.05, 4.69) is 11.4 Å². The molecule has 5 rings (SSSR count). The summed E-state index contributed by atoms with van der Waals surface area (Å²) in [6.45, 7) is 2.53. The number of anilines is 2. The molecule has 33 heavy (non-hydrogen) atoms. The third-order valence-corrected chi connectivity index (χ3v) is 5.82. The molecule has 0 spiro atoms. The van der Waals surface area contributed by atoms with Gasteiger partial charge in [0.2, 0.25) is 5.91 Å². The van der Waals surface area contributed by atoms with Crippen molar-refractivity contribution in [3.05, 3.63) is 89.9 Å². The van der Waals surface area contributed by atoms with Crippen LogP contribution >= 0.6 is 0 Å². The van der Waals surface area contributed by atoms with E-state index >= 15 is 0 Å². The summed E-state index contributed by atoms with van der Waals surface area (Å²) in [5.74, 6) is 1.23. The molecule has 0 aliphatic carbocycles. The SMILES string of the molecule is CC(=O)N1CCCc2cc(NC(=O)c3ccc(COc4ccc5ccccc5c4)o3)ccc21. The molecule has 1 aromatic heterocycles. The molecule has 0 unspecified atom stereocenters. The van der Waals surface area contributed by atoms with Gasteiger partial charge in [-0.15, -0.1) is 0 Å². The van der Waals surface area contributed by atoms with Crippen LogP contribution < -0.4 is 15.0 Å². The van der Waals surface area contributed by atoms with Gasteiger partial charge in [0.25, 0.3) is 5.91 Å². The molecule has 0 fully saturated rings. The molecular formula is C27H24N2O4. The first-order valence-corrected chi connectivity index (χ1v) is 11.0. The molecule has 4 aromatic rings. The first-order chi connectivity index (χ1) is 16.1. The summed E-state index contributed by atoms with van der Waals surface area (Å²) in [6.07, 6.45) is 1.78. The standard InChI is InChI=1S/C27H24N2O4/c1-18(30)29-14-4-7-21-15-22(9-12-25(21)29)28-27(31)26-13-11-24(33-26)17-32-23-10-8-19-5-2-3-6-20(19)16-23/h2-3,5-6,8-13,15-16H,4,7,14,17H2,1H3,(H,28,31). The molecule has 0 saturated heterocycles. The summed E-state index contributed by atoms with van der Waals surface area (Å²) in [5.41, 5.74) is 2.64. The number of benzene rings is 3. The maximum Gasteiger partial charge on any atom is 0.291 e. The van der Waals surface area contributed by atoms with Crippen LogP contribution in [0.1, 0.15) is 35.2 Å². The van der Waals surface area contributed by atoms with Crippen molar-refractivity contribution in [2.45, 2.75) is 26.4 Å². The highest BCUT2D eigenvalue weighted by molar-refractivity contribution is 6.02. The highest BCUT2D eigenvalue weighted by atomic mass is 16.5. The largest absolute Gasteiger partial charge is 0.486 e.